The molecule has 1 aliphatic rings. The average molecular weight is 321 g/mol. The summed E-state index contributed by atoms with van der Waals surface area (Å²) < 4.78 is 10.7. The molecule has 0 bridgehead atoms. The van der Waals surface area contributed by atoms with E-state index in [2.05, 4.69) is 10.3 Å². The summed E-state index contributed by atoms with van der Waals surface area (Å²) in [4.78, 5) is 15.5. The Balaban J connectivity index is 1.92. The predicted octanol–water partition coefficient (Wildman–Crippen LogP) is 2.95. The van der Waals surface area contributed by atoms with Gasteiger partial charge in [-0.25, -0.2) is 9.78 Å². The first kappa shape index (κ1) is 14.6. The lowest BCUT2D eigenvalue weighted by Crippen LogP contribution is -2.10. The van der Waals surface area contributed by atoms with Crippen molar-refractivity contribution >= 4 is 29.1 Å². The lowest BCUT2D eigenvalue weighted by Gasteiger charge is -2.15. The normalized spacial score (nSPS) is 16.1. The van der Waals surface area contributed by atoms with E-state index >= 15 is 0 Å². The van der Waals surface area contributed by atoms with Crippen LogP contribution in [0.1, 0.15) is 10.4 Å². The molecule has 114 valence electrons. The number of rotatable bonds is 6. The zero-order chi connectivity index (χ0) is 15.5. The first-order valence-electron chi connectivity index (χ1n) is 6.63. The van der Waals surface area contributed by atoms with Crippen LogP contribution in [0.15, 0.2) is 36.5 Å². The quantitative estimate of drug-likeness (QED) is 0.796. The monoisotopic (exact) mass is 320 g/mol. The zero-order valence-corrected chi connectivity index (χ0v) is 12.2. The van der Waals surface area contributed by atoms with Crippen LogP contribution in [-0.4, -0.2) is 35.4 Å². The molecule has 1 aromatic heterocycles. The van der Waals surface area contributed by atoms with Crippen molar-refractivity contribution < 1.29 is 19.4 Å². The highest BCUT2D eigenvalue weighted by molar-refractivity contribution is 6.33. The highest BCUT2D eigenvalue weighted by atomic mass is 35.5. The lowest BCUT2D eigenvalue weighted by molar-refractivity contribution is 0.0692. The summed E-state index contributed by atoms with van der Waals surface area (Å²) in [6, 6.07) is 8.22. The number of pyridine rings is 1. The van der Waals surface area contributed by atoms with Crippen LogP contribution in [0.2, 0.25) is 5.02 Å². The number of hydrogen-bond donors (Lipinski definition) is 2. The Morgan fingerprint density at radius 3 is 2.95 bits per heavy atom. The molecular weight excluding hydrogens is 308 g/mol. The van der Waals surface area contributed by atoms with Gasteiger partial charge in [-0.3, -0.25) is 0 Å². The summed E-state index contributed by atoms with van der Waals surface area (Å²) in [5.74, 6) is -0.395. The van der Waals surface area contributed by atoms with E-state index in [-0.39, 0.29) is 17.4 Å². The van der Waals surface area contributed by atoms with Crippen LogP contribution in [0.4, 0.5) is 11.5 Å². The molecule has 2 N–H and O–H groups in total. The topological polar surface area (TPSA) is 84.0 Å². The average Bonchev–Trinajstić information content (AvgIpc) is 3.32. The molecular formula is C15H13ClN2O4. The van der Waals surface area contributed by atoms with Crippen molar-refractivity contribution in [2.75, 3.05) is 18.5 Å². The molecule has 7 heteroatoms. The summed E-state index contributed by atoms with van der Waals surface area (Å²) >= 11 is 6.06. The number of hydrogen-bond acceptors (Lipinski definition) is 5. The fourth-order valence-electron chi connectivity index (χ4n) is 1.91. The number of epoxide rings is 1. The zero-order valence-electron chi connectivity index (χ0n) is 11.5. The summed E-state index contributed by atoms with van der Waals surface area (Å²) in [5.41, 5.74) is 0.554. The van der Waals surface area contributed by atoms with Crippen LogP contribution < -0.4 is 10.1 Å². The first-order chi connectivity index (χ1) is 10.6. The van der Waals surface area contributed by atoms with Gasteiger partial charge in [-0.2, -0.15) is 0 Å². The van der Waals surface area contributed by atoms with Gasteiger partial charge >= 0.3 is 5.97 Å². The predicted molar refractivity (Wildman–Crippen MR) is 81.2 cm³/mol. The molecule has 1 aromatic carbocycles. The SMILES string of the molecule is O=C(O)c1cccc(Nc2ncccc2Cl)c1OC[C@@H]1CO1. The van der Waals surface area contributed by atoms with Gasteiger partial charge in [0.1, 0.15) is 24.1 Å². The maximum Gasteiger partial charge on any atom is 0.339 e. The molecule has 0 spiro atoms. The molecule has 1 saturated heterocycles. The van der Waals surface area contributed by atoms with Gasteiger partial charge in [0.25, 0.3) is 0 Å². The third-order valence-electron chi connectivity index (χ3n) is 3.07. The van der Waals surface area contributed by atoms with E-state index in [0.717, 1.165) is 0 Å². The summed E-state index contributed by atoms with van der Waals surface area (Å²) in [7, 11) is 0. The fraction of sp³-hybridized carbons (Fsp3) is 0.200. The highest BCUT2D eigenvalue weighted by Crippen LogP contribution is 2.33. The van der Waals surface area contributed by atoms with Gasteiger partial charge in [-0.05, 0) is 24.3 Å². The van der Waals surface area contributed by atoms with E-state index in [4.69, 9.17) is 21.1 Å². The minimum absolute atomic E-state index is 0.0214. The second-order valence-electron chi connectivity index (χ2n) is 4.71. The standard InChI is InChI=1S/C15H13ClN2O4/c16-11-4-2-6-17-14(11)18-12-5-1-3-10(15(19)20)13(12)22-8-9-7-21-9/h1-6,9H,7-8H2,(H,17,18)(H,19,20)/t9-/m0/s1. The van der Waals surface area contributed by atoms with Crippen LogP contribution in [-0.2, 0) is 4.74 Å². The van der Waals surface area contributed by atoms with E-state index in [9.17, 15) is 9.90 Å². The number of aromatic carboxylic acids is 1. The fourth-order valence-corrected chi connectivity index (χ4v) is 2.07. The van der Waals surface area contributed by atoms with Gasteiger partial charge in [0.05, 0.1) is 17.3 Å². The molecule has 2 aromatic rings. The Hall–Kier alpha value is -2.31. The molecule has 0 unspecified atom stereocenters. The maximum absolute atomic E-state index is 11.4. The van der Waals surface area contributed by atoms with E-state index in [0.29, 0.717) is 29.7 Å². The number of aromatic nitrogens is 1. The van der Waals surface area contributed by atoms with Crippen LogP contribution in [0.3, 0.4) is 0 Å². The van der Waals surface area contributed by atoms with Crippen molar-refractivity contribution in [1.29, 1.82) is 0 Å². The van der Waals surface area contributed by atoms with Gasteiger partial charge in [-0.1, -0.05) is 17.7 Å². The Kier molecular flexibility index (Phi) is 4.13. The number of anilines is 2. The molecule has 0 radical (unpaired) electrons. The van der Waals surface area contributed by atoms with Gasteiger partial charge in [-0.15, -0.1) is 0 Å². The molecule has 6 nitrogen and oxygen atoms in total. The van der Waals surface area contributed by atoms with Crippen LogP contribution in [0.5, 0.6) is 5.75 Å². The highest BCUT2D eigenvalue weighted by Gasteiger charge is 2.25. The molecule has 22 heavy (non-hydrogen) atoms. The Bertz CT molecular complexity index is 704. The first-order valence-corrected chi connectivity index (χ1v) is 7.01. The number of para-hydroxylation sites is 1. The Morgan fingerprint density at radius 1 is 1.45 bits per heavy atom. The van der Waals surface area contributed by atoms with Crippen molar-refractivity contribution in [2.45, 2.75) is 6.10 Å². The van der Waals surface area contributed by atoms with Crippen LogP contribution in [0.25, 0.3) is 0 Å². The number of nitrogens with one attached hydrogen (secondary N) is 1. The smallest absolute Gasteiger partial charge is 0.339 e. The van der Waals surface area contributed by atoms with E-state index in [1.807, 2.05) is 0 Å². The number of nitrogens with zero attached hydrogens (tertiary/aromatic N) is 1. The molecule has 2 heterocycles. The van der Waals surface area contributed by atoms with Gasteiger partial charge in [0, 0.05) is 6.20 Å². The Labute approximate surface area is 131 Å². The van der Waals surface area contributed by atoms with Gasteiger partial charge in [0.15, 0.2) is 5.75 Å². The van der Waals surface area contributed by atoms with Gasteiger partial charge < -0.3 is 19.9 Å². The van der Waals surface area contributed by atoms with E-state index < -0.39 is 5.97 Å². The lowest BCUT2D eigenvalue weighted by atomic mass is 10.1. The van der Waals surface area contributed by atoms with E-state index in [1.54, 1.807) is 30.5 Å². The summed E-state index contributed by atoms with van der Waals surface area (Å²) in [5, 5.41) is 12.7. The number of ether oxygens (including phenoxy) is 2. The minimum Gasteiger partial charge on any atom is -0.488 e. The molecule has 0 saturated carbocycles. The largest absolute Gasteiger partial charge is 0.488 e. The third-order valence-corrected chi connectivity index (χ3v) is 3.38. The van der Waals surface area contributed by atoms with Crippen molar-refractivity contribution in [1.82, 2.24) is 4.98 Å². The molecule has 3 rings (SSSR count). The van der Waals surface area contributed by atoms with Crippen LogP contribution >= 0.6 is 11.6 Å². The van der Waals surface area contributed by atoms with E-state index in [1.165, 1.54) is 6.07 Å². The Morgan fingerprint density at radius 2 is 2.27 bits per heavy atom. The van der Waals surface area contributed by atoms with Crippen molar-refractivity contribution in [3.8, 4) is 5.75 Å². The molecule has 1 atom stereocenters. The number of benzene rings is 1. The summed E-state index contributed by atoms with van der Waals surface area (Å²) in [6.45, 7) is 0.930. The minimum atomic E-state index is -1.07. The number of carboxylic acid groups (broad SMARTS) is 1. The second kappa shape index (κ2) is 6.21. The van der Waals surface area contributed by atoms with Gasteiger partial charge in [0.2, 0.25) is 0 Å². The summed E-state index contributed by atoms with van der Waals surface area (Å²) in [6.07, 6.45) is 1.61. The third kappa shape index (κ3) is 3.29. The molecule has 1 aliphatic heterocycles. The van der Waals surface area contributed by atoms with Crippen molar-refractivity contribution in [2.24, 2.45) is 0 Å². The number of halogens is 1. The van der Waals surface area contributed by atoms with Crippen molar-refractivity contribution in [3.05, 3.63) is 47.1 Å². The molecule has 0 amide bonds. The molecule has 1 fully saturated rings. The second-order valence-corrected chi connectivity index (χ2v) is 5.12. The number of carbonyl (C=O) groups is 1. The number of carboxylic acids is 1. The maximum atomic E-state index is 11.4. The van der Waals surface area contributed by atoms with Crippen LogP contribution in [0, 0.1) is 0 Å². The molecule has 0 aliphatic carbocycles. The van der Waals surface area contributed by atoms with Crippen molar-refractivity contribution in [3.63, 3.8) is 0 Å².